The van der Waals surface area contributed by atoms with E-state index in [9.17, 15) is 9.18 Å². The van der Waals surface area contributed by atoms with Gasteiger partial charge in [0.05, 0.1) is 18.4 Å². The normalized spacial score (nSPS) is 10.7. The van der Waals surface area contributed by atoms with E-state index in [1.807, 2.05) is 54.6 Å². The zero-order valence-corrected chi connectivity index (χ0v) is 18.2. The number of amides is 1. The Kier molecular flexibility index (Phi) is 6.81. The van der Waals surface area contributed by atoms with Gasteiger partial charge >= 0.3 is 0 Å². The van der Waals surface area contributed by atoms with Crippen LogP contribution in [-0.2, 0) is 11.3 Å². The van der Waals surface area contributed by atoms with Gasteiger partial charge in [-0.2, -0.15) is 0 Å². The molecule has 0 unspecified atom stereocenters. The van der Waals surface area contributed by atoms with Crippen molar-refractivity contribution in [2.24, 2.45) is 0 Å². The Morgan fingerprint density at radius 3 is 2.50 bits per heavy atom. The van der Waals surface area contributed by atoms with Crippen molar-refractivity contribution in [3.63, 3.8) is 0 Å². The Bertz CT molecular complexity index is 1210. The first-order valence-corrected chi connectivity index (χ1v) is 10.9. The molecule has 1 amide bonds. The molecule has 4 aromatic rings. The Labute approximate surface area is 189 Å². The summed E-state index contributed by atoms with van der Waals surface area (Å²) in [5.41, 5.74) is 2.02. The number of nitrogens with zero attached hydrogens (tertiary/aromatic N) is 3. The first-order valence-electron chi connectivity index (χ1n) is 9.94. The summed E-state index contributed by atoms with van der Waals surface area (Å²) in [5, 5.41) is 11.9. The Hall–Kier alpha value is -3.65. The molecule has 1 heterocycles. The molecule has 162 valence electrons. The molecule has 8 heteroatoms. The van der Waals surface area contributed by atoms with Gasteiger partial charge in [0.15, 0.2) is 11.0 Å². The Balaban J connectivity index is 1.52. The number of thioether (sulfide) groups is 1. The molecule has 0 aliphatic heterocycles. The summed E-state index contributed by atoms with van der Waals surface area (Å²) in [6, 6.07) is 23.4. The van der Waals surface area contributed by atoms with Gasteiger partial charge in [0.1, 0.15) is 11.6 Å². The van der Waals surface area contributed by atoms with E-state index in [1.54, 1.807) is 29.9 Å². The lowest BCUT2D eigenvalue weighted by Crippen LogP contribution is -2.25. The fourth-order valence-corrected chi connectivity index (χ4v) is 4.00. The van der Waals surface area contributed by atoms with Crippen molar-refractivity contribution in [2.75, 3.05) is 12.9 Å². The topological polar surface area (TPSA) is 69.0 Å². The standard InChI is InChI=1S/C24H21FN4O2S/c1-31-21-14-8-5-9-17(21)15-26-22(30)16-32-24-28-27-23(19-12-6-7-13-20(19)25)29(24)18-10-3-2-4-11-18/h2-14H,15-16H2,1H3,(H,26,30). The van der Waals surface area contributed by atoms with Gasteiger partial charge in [-0.1, -0.05) is 60.3 Å². The molecular weight excluding hydrogens is 427 g/mol. The van der Waals surface area contributed by atoms with E-state index in [0.29, 0.717) is 23.1 Å². The molecular formula is C24H21FN4O2S. The summed E-state index contributed by atoms with van der Waals surface area (Å²) in [5.74, 6) is 0.696. The summed E-state index contributed by atoms with van der Waals surface area (Å²) in [7, 11) is 1.60. The van der Waals surface area contributed by atoms with Crippen LogP contribution in [0, 0.1) is 5.82 Å². The van der Waals surface area contributed by atoms with Crippen molar-refractivity contribution in [3.8, 4) is 22.8 Å². The summed E-state index contributed by atoms with van der Waals surface area (Å²) in [4.78, 5) is 12.5. The minimum Gasteiger partial charge on any atom is -0.496 e. The second-order valence-electron chi connectivity index (χ2n) is 6.83. The quantitative estimate of drug-likeness (QED) is 0.402. The maximum Gasteiger partial charge on any atom is 0.230 e. The van der Waals surface area contributed by atoms with Crippen LogP contribution in [-0.4, -0.2) is 33.5 Å². The van der Waals surface area contributed by atoms with Crippen LogP contribution >= 0.6 is 11.8 Å². The zero-order chi connectivity index (χ0) is 22.3. The van der Waals surface area contributed by atoms with Crippen LogP contribution in [0.4, 0.5) is 4.39 Å². The lowest BCUT2D eigenvalue weighted by Gasteiger charge is -2.11. The lowest BCUT2D eigenvalue weighted by atomic mass is 10.2. The lowest BCUT2D eigenvalue weighted by molar-refractivity contribution is -0.118. The van der Waals surface area contributed by atoms with Gasteiger partial charge in [-0.25, -0.2) is 4.39 Å². The summed E-state index contributed by atoms with van der Waals surface area (Å²) < 4.78 is 21.5. The van der Waals surface area contributed by atoms with Crippen LogP contribution in [0.2, 0.25) is 0 Å². The number of halogens is 1. The van der Waals surface area contributed by atoms with Crippen LogP contribution in [0.5, 0.6) is 5.75 Å². The van der Waals surface area contributed by atoms with E-state index in [4.69, 9.17) is 4.74 Å². The van der Waals surface area contributed by atoms with E-state index < -0.39 is 0 Å². The minimum absolute atomic E-state index is 0.136. The number of para-hydroxylation sites is 2. The van der Waals surface area contributed by atoms with Gasteiger partial charge < -0.3 is 10.1 Å². The number of aromatic nitrogens is 3. The highest BCUT2D eigenvalue weighted by atomic mass is 32.2. The predicted octanol–water partition coefficient (Wildman–Crippen LogP) is 4.49. The van der Waals surface area contributed by atoms with Gasteiger partial charge in [0, 0.05) is 17.8 Å². The maximum atomic E-state index is 14.5. The molecule has 0 bridgehead atoms. The van der Waals surface area contributed by atoms with E-state index >= 15 is 0 Å². The fourth-order valence-electron chi connectivity index (χ4n) is 3.21. The van der Waals surface area contributed by atoms with Crippen LogP contribution in [0.25, 0.3) is 17.1 Å². The predicted molar refractivity (Wildman–Crippen MR) is 122 cm³/mol. The largest absolute Gasteiger partial charge is 0.496 e. The molecule has 0 atom stereocenters. The third-order valence-corrected chi connectivity index (χ3v) is 5.69. The van der Waals surface area contributed by atoms with E-state index in [0.717, 1.165) is 17.0 Å². The summed E-state index contributed by atoms with van der Waals surface area (Å²) in [6.07, 6.45) is 0. The molecule has 0 saturated heterocycles. The second kappa shape index (κ2) is 10.1. The van der Waals surface area contributed by atoms with Crippen LogP contribution in [0.3, 0.4) is 0 Å². The molecule has 32 heavy (non-hydrogen) atoms. The average Bonchev–Trinajstić information content (AvgIpc) is 3.26. The Morgan fingerprint density at radius 2 is 1.72 bits per heavy atom. The number of nitrogens with one attached hydrogen (secondary N) is 1. The molecule has 3 aromatic carbocycles. The van der Waals surface area contributed by atoms with E-state index in [-0.39, 0.29) is 17.5 Å². The number of rotatable bonds is 8. The molecule has 0 saturated carbocycles. The molecule has 0 radical (unpaired) electrons. The summed E-state index contributed by atoms with van der Waals surface area (Å²) in [6.45, 7) is 0.356. The van der Waals surface area contributed by atoms with Crippen molar-refractivity contribution in [2.45, 2.75) is 11.7 Å². The number of hydrogen-bond acceptors (Lipinski definition) is 5. The number of ether oxygens (including phenoxy) is 1. The smallest absolute Gasteiger partial charge is 0.230 e. The third-order valence-electron chi connectivity index (χ3n) is 4.76. The van der Waals surface area contributed by atoms with E-state index in [1.165, 1.54) is 17.8 Å². The number of methoxy groups -OCH3 is 1. The summed E-state index contributed by atoms with van der Waals surface area (Å²) >= 11 is 1.24. The molecule has 1 aromatic heterocycles. The Morgan fingerprint density at radius 1 is 1.00 bits per heavy atom. The van der Waals surface area contributed by atoms with Crippen LogP contribution in [0.15, 0.2) is 84.0 Å². The van der Waals surface area contributed by atoms with Crippen LogP contribution in [0.1, 0.15) is 5.56 Å². The molecule has 0 aliphatic carbocycles. The number of carbonyl (C=O) groups is 1. The van der Waals surface area contributed by atoms with Gasteiger partial charge in [0.25, 0.3) is 0 Å². The molecule has 6 nitrogen and oxygen atoms in total. The SMILES string of the molecule is COc1ccccc1CNC(=O)CSc1nnc(-c2ccccc2F)n1-c1ccccc1. The zero-order valence-electron chi connectivity index (χ0n) is 17.4. The second-order valence-corrected chi connectivity index (χ2v) is 7.78. The minimum atomic E-state index is -0.386. The van der Waals surface area contributed by atoms with Crippen LogP contribution < -0.4 is 10.1 Å². The average molecular weight is 449 g/mol. The van der Waals surface area contributed by atoms with Gasteiger partial charge in [-0.05, 0) is 30.3 Å². The number of carbonyl (C=O) groups excluding carboxylic acids is 1. The monoisotopic (exact) mass is 448 g/mol. The molecule has 0 aliphatic rings. The van der Waals surface area contributed by atoms with Crippen molar-refractivity contribution in [1.82, 2.24) is 20.1 Å². The number of benzene rings is 3. The molecule has 1 N–H and O–H groups in total. The van der Waals surface area contributed by atoms with Gasteiger partial charge in [0.2, 0.25) is 5.91 Å². The third kappa shape index (κ3) is 4.81. The highest BCUT2D eigenvalue weighted by Crippen LogP contribution is 2.29. The van der Waals surface area contributed by atoms with Crippen molar-refractivity contribution in [1.29, 1.82) is 0 Å². The van der Waals surface area contributed by atoms with Gasteiger partial charge in [-0.15, -0.1) is 10.2 Å². The van der Waals surface area contributed by atoms with E-state index in [2.05, 4.69) is 15.5 Å². The van der Waals surface area contributed by atoms with Crippen molar-refractivity contribution >= 4 is 17.7 Å². The first-order chi connectivity index (χ1) is 15.7. The highest BCUT2D eigenvalue weighted by molar-refractivity contribution is 7.99. The molecule has 4 rings (SSSR count). The molecule has 0 spiro atoms. The highest BCUT2D eigenvalue weighted by Gasteiger charge is 2.19. The first kappa shape index (κ1) is 21.6. The molecule has 0 fully saturated rings. The van der Waals surface area contributed by atoms with Crippen molar-refractivity contribution in [3.05, 3.63) is 90.2 Å². The number of hydrogen-bond donors (Lipinski definition) is 1. The van der Waals surface area contributed by atoms with Gasteiger partial charge in [-0.3, -0.25) is 9.36 Å². The maximum absolute atomic E-state index is 14.5. The van der Waals surface area contributed by atoms with Crippen molar-refractivity contribution < 1.29 is 13.9 Å². The fraction of sp³-hybridized carbons (Fsp3) is 0.125.